The molecule has 1 unspecified atom stereocenters. The van der Waals surface area contributed by atoms with Crippen LogP contribution in [0.5, 0.6) is 0 Å². The summed E-state index contributed by atoms with van der Waals surface area (Å²) < 4.78 is 14.6. The third-order valence-electron chi connectivity index (χ3n) is 2.21. The Morgan fingerprint density at radius 1 is 1.37 bits per heavy atom. The molecule has 100 valence electrons. The molecule has 0 bridgehead atoms. The molecule has 0 aliphatic carbocycles. The number of aliphatic imine (C=N–C) groups is 1. The molecule has 0 aliphatic heterocycles. The van der Waals surface area contributed by atoms with E-state index in [1.54, 1.807) is 35.6 Å². The van der Waals surface area contributed by atoms with Gasteiger partial charge in [-0.05, 0) is 35.7 Å². The van der Waals surface area contributed by atoms with Crippen molar-refractivity contribution in [3.63, 3.8) is 0 Å². The van der Waals surface area contributed by atoms with Gasteiger partial charge in [0.05, 0.1) is 11.4 Å². The summed E-state index contributed by atoms with van der Waals surface area (Å²) in [6.45, 7) is 0.480. The second kappa shape index (κ2) is 6.70. The smallest absolute Gasteiger partial charge is 0.201 e. The zero-order valence-electron chi connectivity index (χ0n) is 9.88. The van der Waals surface area contributed by atoms with Crippen molar-refractivity contribution in [1.29, 1.82) is 0 Å². The van der Waals surface area contributed by atoms with E-state index in [4.69, 9.17) is 17.3 Å². The molecule has 4 nitrogen and oxygen atoms in total. The molecule has 1 atom stereocenters. The highest BCUT2D eigenvalue weighted by molar-refractivity contribution is 7.83. The molecule has 2 rings (SSSR count). The van der Waals surface area contributed by atoms with Crippen LogP contribution in [0, 0.1) is 0 Å². The maximum absolute atomic E-state index is 11.9. The number of nitrogens with two attached hydrogens (primary N) is 1. The molecule has 0 aliphatic rings. The second-order valence-electron chi connectivity index (χ2n) is 3.61. The minimum Gasteiger partial charge on any atom is -0.369 e. The quantitative estimate of drug-likeness (QED) is 0.673. The zero-order chi connectivity index (χ0) is 13.7. The standard InChI is InChI=1S/C12H12ClN3OS2/c13-9-3-5-11(6-4-9)19(17)16-12(14)15-8-10-2-1-7-18-10/h1-7H,8H2,(H3,14,15,16). The van der Waals surface area contributed by atoms with Crippen molar-refractivity contribution >= 4 is 39.9 Å². The Morgan fingerprint density at radius 2 is 2.11 bits per heavy atom. The van der Waals surface area contributed by atoms with E-state index in [9.17, 15) is 4.21 Å². The Balaban J connectivity index is 1.94. The highest BCUT2D eigenvalue weighted by Crippen LogP contribution is 2.12. The van der Waals surface area contributed by atoms with Gasteiger partial charge in [0.25, 0.3) is 0 Å². The fraction of sp³-hybridized carbons (Fsp3) is 0.0833. The summed E-state index contributed by atoms with van der Waals surface area (Å²) in [5.41, 5.74) is 5.68. The van der Waals surface area contributed by atoms with Gasteiger partial charge in [0.2, 0.25) is 5.96 Å². The fourth-order valence-corrected chi connectivity index (χ4v) is 2.82. The minimum absolute atomic E-state index is 0.154. The number of thiophene rings is 1. The van der Waals surface area contributed by atoms with Crippen LogP contribution < -0.4 is 10.5 Å². The molecule has 1 aromatic heterocycles. The monoisotopic (exact) mass is 313 g/mol. The number of nitrogens with zero attached hydrogens (tertiary/aromatic N) is 1. The Morgan fingerprint density at radius 3 is 2.74 bits per heavy atom. The van der Waals surface area contributed by atoms with E-state index in [-0.39, 0.29) is 5.96 Å². The molecule has 0 radical (unpaired) electrons. The summed E-state index contributed by atoms with van der Waals surface area (Å²) in [6.07, 6.45) is 0. The Kier molecular flexibility index (Phi) is 4.95. The molecular weight excluding hydrogens is 302 g/mol. The molecule has 19 heavy (non-hydrogen) atoms. The predicted octanol–water partition coefficient (Wildman–Crippen LogP) is 2.53. The molecule has 1 aromatic carbocycles. The average Bonchev–Trinajstić information content (AvgIpc) is 2.90. The molecule has 0 saturated carbocycles. The lowest BCUT2D eigenvalue weighted by molar-refractivity contribution is 0.680. The van der Waals surface area contributed by atoms with E-state index in [0.717, 1.165) is 4.88 Å². The molecular formula is C12H12ClN3OS2. The van der Waals surface area contributed by atoms with Crippen LogP contribution in [-0.2, 0) is 17.5 Å². The molecule has 2 aromatic rings. The van der Waals surface area contributed by atoms with Crippen LogP contribution in [0.4, 0.5) is 0 Å². The first-order chi connectivity index (χ1) is 9.15. The molecule has 0 amide bonds. The van der Waals surface area contributed by atoms with Crippen molar-refractivity contribution in [3.05, 3.63) is 51.7 Å². The summed E-state index contributed by atoms with van der Waals surface area (Å²) in [7, 11) is -1.43. The normalized spacial score (nSPS) is 13.2. The number of benzene rings is 1. The van der Waals surface area contributed by atoms with Gasteiger partial charge in [0, 0.05) is 9.90 Å². The van der Waals surface area contributed by atoms with Gasteiger partial charge in [-0.2, -0.15) is 0 Å². The van der Waals surface area contributed by atoms with Crippen LogP contribution >= 0.6 is 22.9 Å². The van der Waals surface area contributed by atoms with Gasteiger partial charge in [-0.3, -0.25) is 4.72 Å². The lowest BCUT2D eigenvalue weighted by Crippen LogP contribution is -2.33. The summed E-state index contributed by atoms with van der Waals surface area (Å²) in [6, 6.07) is 10.6. The molecule has 3 N–H and O–H groups in total. The average molecular weight is 314 g/mol. The van der Waals surface area contributed by atoms with Gasteiger partial charge < -0.3 is 5.73 Å². The lowest BCUT2D eigenvalue weighted by Gasteiger charge is -2.05. The van der Waals surface area contributed by atoms with Crippen molar-refractivity contribution in [2.24, 2.45) is 10.7 Å². The zero-order valence-corrected chi connectivity index (χ0v) is 12.3. The van der Waals surface area contributed by atoms with Crippen LogP contribution in [0.25, 0.3) is 0 Å². The summed E-state index contributed by atoms with van der Waals surface area (Å²) >= 11 is 7.36. The van der Waals surface area contributed by atoms with Gasteiger partial charge in [-0.25, -0.2) is 9.20 Å². The van der Waals surface area contributed by atoms with E-state index in [1.807, 2.05) is 17.5 Å². The molecule has 1 heterocycles. The van der Waals surface area contributed by atoms with E-state index in [0.29, 0.717) is 16.5 Å². The molecule has 0 spiro atoms. The van der Waals surface area contributed by atoms with Crippen molar-refractivity contribution < 1.29 is 4.21 Å². The number of hydrogen-bond donors (Lipinski definition) is 2. The van der Waals surface area contributed by atoms with Crippen molar-refractivity contribution in [2.45, 2.75) is 11.4 Å². The van der Waals surface area contributed by atoms with Crippen molar-refractivity contribution in [3.8, 4) is 0 Å². The predicted molar refractivity (Wildman–Crippen MR) is 80.6 cm³/mol. The molecule has 7 heteroatoms. The summed E-state index contributed by atoms with van der Waals surface area (Å²) in [5, 5.41) is 2.57. The van der Waals surface area contributed by atoms with E-state index in [2.05, 4.69) is 9.71 Å². The number of hydrogen-bond acceptors (Lipinski definition) is 3. The van der Waals surface area contributed by atoms with Crippen LogP contribution in [0.3, 0.4) is 0 Å². The van der Waals surface area contributed by atoms with E-state index >= 15 is 0 Å². The van der Waals surface area contributed by atoms with Crippen molar-refractivity contribution in [1.82, 2.24) is 4.72 Å². The van der Waals surface area contributed by atoms with Gasteiger partial charge in [0.15, 0.2) is 11.0 Å². The van der Waals surface area contributed by atoms with Crippen molar-refractivity contribution in [2.75, 3.05) is 0 Å². The lowest BCUT2D eigenvalue weighted by atomic mass is 10.4. The van der Waals surface area contributed by atoms with Crippen LogP contribution in [0.2, 0.25) is 5.02 Å². The molecule has 0 fully saturated rings. The Hall–Kier alpha value is -1.37. The van der Waals surface area contributed by atoms with Crippen LogP contribution in [-0.4, -0.2) is 10.2 Å². The number of guanidine groups is 1. The van der Waals surface area contributed by atoms with Gasteiger partial charge in [-0.1, -0.05) is 17.7 Å². The van der Waals surface area contributed by atoms with E-state index < -0.39 is 11.0 Å². The largest absolute Gasteiger partial charge is 0.369 e. The Bertz CT molecular complexity index is 582. The maximum Gasteiger partial charge on any atom is 0.201 e. The first kappa shape index (κ1) is 14.0. The highest BCUT2D eigenvalue weighted by Gasteiger charge is 2.04. The summed E-state index contributed by atoms with van der Waals surface area (Å²) in [5.74, 6) is 0.154. The summed E-state index contributed by atoms with van der Waals surface area (Å²) in [4.78, 5) is 5.82. The van der Waals surface area contributed by atoms with Gasteiger partial charge in [-0.15, -0.1) is 11.3 Å². The first-order valence-corrected chi connectivity index (χ1v) is 7.82. The number of halogens is 1. The molecule has 0 saturated heterocycles. The number of rotatable bonds is 4. The SMILES string of the molecule is NC(=NCc1cccs1)NS(=O)c1ccc(Cl)cc1. The maximum atomic E-state index is 11.9. The van der Waals surface area contributed by atoms with Crippen LogP contribution in [0.15, 0.2) is 51.7 Å². The highest BCUT2D eigenvalue weighted by atomic mass is 35.5. The third kappa shape index (κ3) is 4.34. The number of nitrogens with one attached hydrogen (secondary N) is 1. The van der Waals surface area contributed by atoms with E-state index in [1.165, 1.54) is 0 Å². The first-order valence-electron chi connectivity index (χ1n) is 5.41. The fourth-order valence-electron chi connectivity index (χ4n) is 1.31. The second-order valence-corrected chi connectivity index (χ2v) is 6.29. The van der Waals surface area contributed by atoms with Gasteiger partial charge in [0.1, 0.15) is 0 Å². The van der Waals surface area contributed by atoms with Crippen LogP contribution in [0.1, 0.15) is 4.88 Å². The topological polar surface area (TPSA) is 67.5 Å². The third-order valence-corrected chi connectivity index (χ3v) is 4.42. The minimum atomic E-state index is -1.43. The van der Waals surface area contributed by atoms with Gasteiger partial charge >= 0.3 is 0 Å². The Labute approximate surface area is 122 Å².